The number of carbonyl (C=O) groups is 3. The summed E-state index contributed by atoms with van der Waals surface area (Å²) < 4.78 is 4.64. The maximum Gasteiger partial charge on any atom is 0.329 e. The van der Waals surface area contributed by atoms with Crippen molar-refractivity contribution in [1.29, 1.82) is 0 Å². The number of hydrogen-bond donors (Lipinski definition) is 3. The molecule has 22 heavy (non-hydrogen) atoms. The number of amides is 1. The monoisotopic (exact) mass is 346 g/mol. The number of methoxy groups -OCH3 is 1. The zero-order chi connectivity index (χ0) is 16.5. The number of thiophene rings is 1. The number of carbonyl (C=O) groups excluding carboxylic acids is 2. The molecule has 0 saturated heterocycles. The van der Waals surface area contributed by atoms with Crippen molar-refractivity contribution in [1.82, 2.24) is 5.32 Å². The summed E-state index contributed by atoms with van der Waals surface area (Å²) in [5.41, 5.74) is 6.60. The van der Waals surface area contributed by atoms with Crippen molar-refractivity contribution in [3.63, 3.8) is 0 Å². The normalized spacial score (nSPS) is 13.2. The molecule has 1 amide bonds. The van der Waals surface area contributed by atoms with E-state index in [1.807, 2.05) is 16.8 Å². The molecule has 0 aromatic carbocycles. The zero-order valence-corrected chi connectivity index (χ0v) is 13.6. The van der Waals surface area contributed by atoms with Gasteiger partial charge in [0.2, 0.25) is 5.91 Å². The number of carboxylic acids is 1. The molecule has 1 aromatic heterocycles. The van der Waals surface area contributed by atoms with Gasteiger partial charge < -0.3 is 20.9 Å². The van der Waals surface area contributed by atoms with E-state index in [2.05, 4.69) is 10.1 Å². The Bertz CT molecular complexity index is 507. The molecule has 1 aromatic rings. The fourth-order valence-corrected chi connectivity index (χ4v) is 3.30. The molecule has 9 heteroatoms. The van der Waals surface area contributed by atoms with Crippen molar-refractivity contribution >= 4 is 40.9 Å². The molecule has 0 aliphatic carbocycles. The Hall–Kier alpha value is -1.58. The molecule has 1 heterocycles. The van der Waals surface area contributed by atoms with Gasteiger partial charge in [0.1, 0.15) is 6.04 Å². The lowest BCUT2D eigenvalue weighted by Crippen LogP contribution is -2.50. The average molecular weight is 346 g/mol. The molecule has 0 fully saturated rings. The number of thioether (sulfide) groups is 1. The van der Waals surface area contributed by atoms with E-state index in [4.69, 9.17) is 10.8 Å². The summed E-state index contributed by atoms with van der Waals surface area (Å²) in [6.07, 6.45) is -0.498. The molecule has 2 atom stereocenters. The second kappa shape index (κ2) is 9.44. The maximum absolute atomic E-state index is 11.8. The van der Waals surface area contributed by atoms with Gasteiger partial charge in [0.05, 0.1) is 19.6 Å². The van der Waals surface area contributed by atoms with E-state index in [0.29, 0.717) is 11.5 Å². The van der Waals surface area contributed by atoms with Crippen molar-refractivity contribution in [2.24, 2.45) is 5.73 Å². The molecule has 0 spiro atoms. The molecular weight excluding hydrogens is 328 g/mol. The van der Waals surface area contributed by atoms with Crippen LogP contribution in [-0.2, 0) is 24.9 Å². The highest BCUT2D eigenvalue weighted by atomic mass is 32.2. The molecule has 122 valence electrons. The summed E-state index contributed by atoms with van der Waals surface area (Å²) >= 11 is 3.05. The van der Waals surface area contributed by atoms with Gasteiger partial charge in [-0.1, -0.05) is 0 Å². The fourth-order valence-electron chi connectivity index (χ4n) is 1.54. The molecule has 0 aliphatic heterocycles. The first kappa shape index (κ1) is 18.5. The van der Waals surface area contributed by atoms with Gasteiger partial charge in [-0.05, 0) is 22.4 Å². The minimum atomic E-state index is -1.20. The predicted octanol–water partition coefficient (Wildman–Crippen LogP) is 0.441. The van der Waals surface area contributed by atoms with Crippen molar-refractivity contribution in [3.8, 4) is 0 Å². The standard InChI is InChI=1S/C13H18N2O5S2/c1-20-13(19)10(7-22-6-8-2-3-21-5-8)15-12(18)9(14)4-11(16)17/h2-3,5,9-10H,4,6-7,14H2,1H3,(H,15,18)(H,16,17)/t9-,10-/m0/s1. The highest BCUT2D eigenvalue weighted by Crippen LogP contribution is 2.16. The van der Waals surface area contributed by atoms with Gasteiger partial charge in [-0.15, -0.1) is 0 Å². The Morgan fingerprint density at radius 3 is 2.77 bits per heavy atom. The Balaban J connectivity index is 2.51. The second-order valence-corrected chi connectivity index (χ2v) is 6.25. The van der Waals surface area contributed by atoms with Crippen LogP contribution in [-0.4, -0.2) is 47.9 Å². The number of nitrogens with two attached hydrogens (primary N) is 1. The Kier molecular flexibility index (Phi) is 7.92. The third-order valence-electron chi connectivity index (χ3n) is 2.67. The molecule has 0 bridgehead atoms. The quantitative estimate of drug-likeness (QED) is 0.555. The van der Waals surface area contributed by atoms with Gasteiger partial charge in [0.15, 0.2) is 0 Å². The van der Waals surface area contributed by atoms with Crippen LogP contribution in [0.4, 0.5) is 0 Å². The maximum atomic E-state index is 11.8. The summed E-state index contributed by atoms with van der Waals surface area (Å²) in [6, 6.07) is -0.0841. The number of esters is 1. The average Bonchev–Trinajstić information content (AvgIpc) is 2.97. The van der Waals surface area contributed by atoms with E-state index in [9.17, 15) is 14.4 Å². The summed E-state index contributed by atoms with van der Waals surface area (Å²) in [7, 11) is 1.22. The number of carboxylic acid groups (broad SMARTS) is 1. The van der Waals surface area contributed by atoms with E-state index in [1.54, 1.807) is 11.3 Å². The lowest BCUT2D eigenvalue weighted by Gasteiger charge is -2.18. The molecule has 4 N–H and O–H groups in total. The van der Waals surface area contributed by atoms with Gasteiger partial charge >= 0.3 is 11.9 Å². The largest absolute Gasteiger partial charge is 0.481 e. The minimum absolute atomic E-state index is 0.314. The van der Waals surface area contributed by atoms with Gasteiger partial charge in [-0.25, -0.2) is 4.79 Å². The summed E-state index contributed by atoms with van der Waals surface area (Å²) in [5, 5.41) is 15.0. The SMILES string of the molecule is COC(=O)[C@H](CSCc1ccsc1)NC(=O)[C@@H](N)CC(=O)O. The minimum Gasteiger partial charge on any atom is -0.481 e. The number of hydrogen-bond acceptors (Lipinski definition) is 7. The van der Waals surface area contributed by atoms with Crippen LogP contribution >= 0.6 is 23.1 Å². The van der Waals surface area contributed by atoms with Crippen molar-refractivity contribution in [2.45, 2.75) is 24.3 Å². The van der Waals surface area contributed by atoms with Crippen LogP contribution in [0.5, 0.6) is 0 Å². The topological polar surface area (TPSA) is 119 Å². The second-order valence-electron chi connectivity index (χ2n) is 4.44. The van der Waals surface area contributed by atoms with Crippen LogP contribution in [0.2, 0.25) is 0 Å². The third kappa shape index (κ3) is 6.46. The third-order valence-corrected chi connectivity index (χ3v) is 4.51. The van der Waals surface area contributed by atoms with E-state index >= 15 is 0 Å². The molecule has 0 radical (unpaired) electrons. The first-order valence-electron chi connectivity index (χ1n) is 6.38. The van der Waals surface area contributed by atoms with E-state index in [-0.39, 0.29) is 0 Å². The summed E-state index contributed by atoms with van der Waals surface area (Å²) in [6.45, 7) is 0. The van der Waals surface area contributed by atoms with E-state index < -0.39 is 36.4 Å². The highest BCUT2D eigenvalue weighted by molar-refractivity contribution is 7.98. The molecule has 7 nitrogen and oxygen atoms in total. The molecule has 1 rings (SSSR count). The molecular formula is C13H18N2O5S2. The summed E-state index contributed by atoms with van der Waals surface area (Å²) in [4.78, 5) is 34.0. The first-order chi connectivity index (χ1) is 10.4. The van der Waals surface area contributed by atoms with Crippen LogP contribution in [0.15, 0.2) is 16.8 Å². The number of ether oxygens (including phenoxy) is 1. The smallest absolute Gasteiger partial charge is 0.329 e. The predicted molar refractivity (Wildman–Crippen MR) is 84.7 cm³/mol. The number of nitrogens with one attached hydrogen (secondary N) is 1. The Morgan fingerprint density at radius 1 is 1.50 bits per heavy atom. The molecule has 0 saturated carbocycles. The first-order valence-corrected chi connectivity index (χ1v) is 8.48. The van der Waals surface area contributed by atoms with Crippen LogP contribution in [0.3, 0.4) is 0 Å². The summed E-state index contributed by atoms with van der Waals surface area (Å²) in [5.74, 6) is -1.44. The van der Waals surface area contributed by atoms with Crippen LogP contribution in [0, 0.1) is 0 Å². The van der Waals surface area contributed by atoms with E-state index in [1.165, 1.54) is 18.9 Å². The van der Waals surface area contributed by atoms with Crippen molar-refractivity contribution < 1.29 is 24.2 Å². The van der Waals surface area contributed by atoms with Gasteiger partial charge in [0, 0.05) is 11.5 Å². The highest BCUT2D eigenvalue weighted by Gasteiger charge is 2.25. The lowest BCUT2D eigenvalue weighted by molar-refractivity contribution is -0.144. The van der Waals surface area contributed by atoms with Crippen LogP contribution in [0.1, 0.15) is 12.0 Å². The van der Waals surface area contributed by atoms with E-state index in [0.717, 1.165) is 5.56 Å². The van der Waals surface area contributed by atoms with Gasteiger partial charge in [-0.2, -0.15) is 23.1 Å². The van der Waals surface area contributed by atoms with Gasteiger partial charge in [0.25, 0.3) is 0 Å². The molecule has 0 aliphatic rings. The van der Waals surface area contributed by atoms with Crippen LogP contribution in [0.25, 0.3) is 0 Å². The lowest BCUT2D eigenvalue weighted by atomic mass is 10.2. The van der Waals surface area contributed by atoms with Crippen molar-refractivity contribution in [2.75, 3.05) is 12.9 Å². The molecule has 0 unspecified atom stereocenters. The number of rotatable bonds is 9. The van der Waals surface area contributed by atoms with Gasteiger partial charge in [-0.3, -0.25) is 9.59 Å². The van der Waals surface area contributed by atoms with Crippen LogP contribution < -0.4 is 11.1 Å². The Morgan fingerprint density at radius 2 is 2.23 bits per heavy atom. The Labute approximate surface area is 136 Å². The number of aliphatic carboxylic acids is 1. The zero-order valence-electron chi connectivity index (χ0n) is 12.0. The fraction of sp³-hybridized carbons (Fsp3) is 0.462. The van der Waals surface area contributed by atoms with Crippen molar-refractivity contribution in [3.05, 3.63) is 22.4 Å².